The van der Waals surface area contributed by atoms with Gasteiger partial charge in [-0.3, -0.25) is 0 Å². The minimum Gasteiger partial charge on any atom is -0.480 e. The molecule has 0 saturated carbocycles. The van der Waals surface area contributed by atoms with E-state index in [2.05, 4.69) is 15.9 Å². The van der Waals surface area contributed by atoms with Crippen LogP contribution in [0.3, 0.4) is 0 Å². The van der Waals surface area contributed by atoms with Gasteiger partial charge >= 0.3 is 0 Å². The third-order valence-electron chi connectivity index (χ3n) is 2.01. The average molecular weight is 277 g/mol. The highest BCUT2D eigenvalue weighted by molar-refractivity contribution is 9.10. The van der Waals surface area contributed by atoms with Crippen LogP contribution in [0.1, 0.15) is 0 Å². The van der Waals surface area contributed by atoms with E-state index in [0.717, 1.165) is 4.47 Å². The molecule has 84 valence electrons. The molecule has 0 aromatic heterocycles. The standard InChI is InChI=1S/C10H13BrO4/c11-8-1-3-9(4-2-8)15-10(5-12,6-13)7-14/h1-4,12-14H,5-7H2. The van der Waals surface area contributed by atoms with Crippen LogP contribution in [0.25, 0.3) is 0 Å². The van der Waals surface area contributed by atoms with Crippen molar-refractivity contribution in [1.29, 1.82) is 0 Å². The minimum absolute atomic E-state index is 0.448. The SMILES string of the molecule is OCC(CO)(CO)Oc1ccc(Br)cc1. The smallest absolute Gasteiger partial charge is 0.177 e. The second-order valence-electron chi connectivity index (χ2n) is 3.21. The molecule has 0 aliphatic rings. The van der Waals surface area contributed by atoms with Gasteiger partial charge in [0.1, 0.15) is 5.75 Å². The maximum Gasteiger partial charge on any atom is 0.177 e. The Morgan fingerprint density at radius 1 is 1.00 bits per heavy atom. The van der Waals surface area contributed by atoms with Crippen molar-refractivity contribution in [1.82, 2.24) is 0 Å². The molecule has 0 aliphatic heterocycles. The van der Waals surface area contributed by atoms with Gasteiger partial charge in [0.15, 0.2) is 5.60 Å². The highest BCUT2D eigenvalue weighted by Gasteiger charge is 2.30. The molecule has 3 N–H and O–H groups in total. The van der Waals surface area contributed by atoms with E-state index in [1.165, 1.54) is 0 Å². The number of benzene rings is 1. The Labute approximate surface area is 96.3 Å². The van der Waals surface area contributed by atoms with E-state index in [-0.39, 0.29) is 0 Å². The summed E-state index contributed by atoms with van der Waals surface area (Å²) in [6.07, 6.45) is 0. The Balaban J connectivity index is 2.78. The fourth-order valence-corrected chi connectivity index (χ4v) is 1.26. The number of ether oxygens (including phenoxy) is 1. The van der Waals surface area contributed by atoms with Crippen molar-refractivity contribution >= 4 is 15.9 Å². The van der Waals surface area contributed by atoms with Crippen LogP contribution in [-0.2, 0) is 0 Å². The number of rotatable bonds is 5. The molecule has 1 aromatic carbocycles. The first-order valence-electron chi connectivity index (χ1n) is 4.43. The van der Waals surface area contributed by atoms with Gasteiger partial charge in [-0.25, -0.2) is 0 Å². The van der Waals surface area contributed by atoms with Crippen molar-refractivity contribution in [3.8, 4) is 5.75 Å². The van der Waals surface area contributed by atoms with Crippen LogP contribution < -0.4 is 4.74 Å². The fourth-order valence-electron chi connectivity index (χ4n) is 0.999. The highest BCUT2D eigenvalue weighted by Crippen LogP contribution is 2.20. The monoisotopic (exact) mass is 276 g/mol. The predicted molar refractivity (Wildman–Crippen MR) is 58.8 cm³/mol. The lowest BCUT2D eigenvalue weighted by atomic mass is 10.1. The molecule has 15 heavy (non-hydrogen) atoms. The fraction of sp³-hybridized carbons (Fsp3) is 0.400. The van der Waals surface area contributed by atoms with Gasteiger partial charge in [0.2, 0.25) is 0 Å². The molecule has 0 spiro atoms. The van der Waals surface area contributed by atoms with Crippen molar-refractivity contribution in [2.45, 2.75) is 5.60 Å². The molecule has 1 aromatic rings. The van der Waals surface area contributed by atoms with Gasteiger partial charge in [-0.15, -0.1) is 0 Å². The minimum atomic E-state index is -1.33. The molecule has 1 rings (SSSR count). The van der Waals surface area contributed by atoms with Crippen LogP contribution in [0.2, 0.25) is 0 Å². The lowest BCUT2D eigenvalue weighted by molar-refractivity contribution is -0.0677. The molecular weight excluding hydrogens is 264 g/mol. The molecule has 0 heterocycles. The predicted octanol–water partition coefficient (Wildman–Crippen LogP) is 0.544. The zero-order chi connectivity index (χ0) is 11.3. The number of halogens is 1. The lowest BCUT2D eigenvalue weighted by Gasteiger charge is -2.28. The van der Waals surface area contributed by atoms with E-state index in [0.29, 0.717) is 5.75 Å². The Morgan fingerprint density at radius 2 is 1.47 bits per heavy atom. The van der Waals surface area contributed by atoms with Crippen LogP contribution in [0.15, 0.2) is 28.7 Å². The maximum atomic E-state index is 9.04. The van der Waals surface area contributed by atoms with Gasteiger partial charge in [-0.2, -0.15) is 0 Å². The molecule has 0 unspecified atom stereocenters. The third kappa shape index (κ3) is 3.17. The molecule has 5 heteroatoms. The highest BCUT2D eigenvalue weighted by atomic mass is 79.9. The van der Waals surface area contributed by atoms with Crippen molar-refractivity contribution in [2.75, 3.05) is 19.8 Å². The first-order chi connectivity index (χ1) is 7.15. The van der Waals surface area contributed by atoms with Gasteiger partial charge in [0.05, 0.1) is 19.8 Å². The van der Waals surface area contributed by atoms with Crippen LogP contribution in [0.5, 0.6) is 5.75 Å². The first-order valence-corrected chi connectivity index (χ1v) is 5.22. The van der Waals surface area contributed by atoms with E-state index in [9.17, 15) is 0 Å². The largest absolute Gasteiger partial charge is 0.480 e. The quantitative estimate of drug-likeness (QED) is 0.735. The normalized spacial score (nSPS) is 11.5. The van der Waals surface area contributed by atoms with E-state index < -0.39 is 25.4 Å². The maximum absolute atomic E-state index is 9.04. The van der Waals surface area contributed by atoms with Crippen LogP contribution in [0.4, 0.5) is 0 Å². The molecular formula is C10H13BrO4. The van der Waals surface area contributed by atoms with E-state index >= 15 is 0 Å². The van der Waals surface area contributed by atoms with Crippen molar-refractivity contribution in [3.05, 3.63) is 28.7 Å². The number of aliphatic hydroxyl groups excluding tert-OH is 3. The summed E-state index contributed by atoms with van der Waals surface area (Å²) in [5, 5.41) is 27.1. The zero-order valence-electron chi connectivity index (χ0n) is 8.06. The average Bonchev–Trinajstić information content (AvgIpc) is 2.29. The lowest BCUT2D eigenvalue weighted by Crippen LogP contribution is -2.47. The molecule has 0 fully saturated rings. The molecule has 0 saturated heterocycles. The van der Waals surface area contributed by atoms with Gasteiger partial charge in [-0.05, 0) is 24.3 Å². The molecule has 0 radical (unpaired) electrons. The molecule has 0 amide bonds. The van der Waals surface area contributed by atoms with E-state index in [4.69, 9.17) is 20.1 Å². The Kier molecular flexibility index (Phi) is 4.53. The number of hydrogen-bond acceptors (Lipinski definition) is 4. The van der Waals surface area contributed by atoms with Crippen molar-refractivity contribution < 1.29 is 20.1 Å². The number of hydrogen-bond donors (Lipinski definition) is 3. The van der Waals surface area contributed by atoms with E-state index in [1.807, 2.05) is 0 Å². The molecule has 0 atom stereocenters. The van der Waals surface area contributed by atoms with E-state index in [1.54, 1.807) is 24.3 Å². The van der Waals surface area contributed by atoms with Crippen molar-refractivity contribution in [3.63, 3.8) is 0 Å². The Morgan fingerprint density at radius 3 is 1.87 bits per heavy atom. The third-order valence-corrected chi connectivity index (χ3v) is 2.54. The summed E-state index contributed by atoms with van der Waals surface area (Å²) in [7, 11) is 0. The molecule has 0 bridgehead atoms. The van der Waals surface area contributed by atoms with Crippen LogP contribution >= 0.6 is 15.9 Å². The van der Waals surface area contributed by atoms with Gasteiger partial charge in [-0.1, -0.05) is 15.9 Å². The molecule has 4 nitrogen and oxygen atoms in total. The first kappa shape index (κ1) is 12.4. The molecule has 0 aliphatic carbocycles. The summed E-state index contributed by atoms with van der Waals surface area (Å²) in [4.78, 5) is 0. The Hall–Kier alpha value is -0.620. The van der Waals surface area contributed by atoms with Crippen LogP contribution in [0, 0.1) is 0 Å². The zero-order valence-corrected chi connectivity index (χ0v) is 9.64. The topological polar surface area (TPSA) is 69.9 Å². The summed E-state index contributed by atoms with van der Waals surface area (Å²) in [6, 6.07) is 6.90. The van der Waals surface area contributed by atoms with Gasteiger partial charge in [0.25, 0.3) is 0 Å². The summed E-state index contributed by atoms with van der Waals surface area (Å²) in [5.41, 5.74) is -1.33. The second kappa shape index (κ2) is 5.46. The Bertz CT molecular complexity index is 287. The summed E-state index contributed by atoms with van der Waals surface area (Å²) >= 11 is 3.27. The van der Waals surface area contributed by atoms with Gasteiger partial charge < -0.3 is 20.1 Å². The van der Waals surface area contributed by atoms with Crippen molar-refractivity contribution in [2.24, 2.45) is 0 Å². The summed E-state index contributed by atoms with van der Waals surface area (Å²) in [5.74, 6) is 0.482. The number of aliphatic hydroxyl groups is 3. The summed E-state index contributed by atoms with van der Waals surface area (Å²) in [6.45, 7) is -1.35. The second-order valence-corrected chi connectivity index (χ2v) is 4.13. The summed E-state index contributed by atoms with van der Waals surface area (Å²) < 4.78 is 6.23. The van der Waals surface area contributed by atoms with Gasteiger partial charge in [0, 0.05) is 4.47 Å². The van der Waals surface area contributed by atoms with Crippen LogP contribution in [-0.4, -0.2) is 40.7 Å².